The minimum atomic E-state index is -4.55. The molecule has 0 unspecified atom stereocenters. The fourth-order valence-electron chi connectivity index (χ4n) is 3.29. The minimum Gasteiger partial charge on any atom is -0.285 e. The first-order chi connectivity index (χ1) is 16.2. The Bertz CT molecular complexity index is 1140. The summed E-state index contributed by atoms with van der Waals surface area (Å²) in [5.74, 6) is -0.758. The zero-order valence-corrected chi connectivity index (χ0v) is 18.8. The standard InChI is InChI=1S/C23H20F6N2O3S/c24-22(25,26)18-8-4-16(5-9-18)20(17-6-10-19(11-7-17)23(27,28)29)2-1-3-21(32)30-31-12-14-35(33,34)15-13-31/h1-11H,12-15H2,(H,30,32)/b3-1+. The predicted octanol–water partition coefficient (Wildman–Crippen LogP) is 4.47. The topological polar surface area (TPSA) is 66.5 Å². The fraction of sp³-hybridized carbons (Fsp3) is 0.261. The molecule has 0 aliphatic carbocycles. The maximum Gasteiger partial charge on any atom is 0.416 e. The molecule has 35 heavy (non-hydrogen) atoms. The smallest absolute Gasteiger partial charge is 0.285 e. The monoisotopic (exact) mass is 518 g/mol. The van der Waals surface area contributed by atoms with E-state index >= 15 is 0 Å². The number of rotatable bonds is 5. The van der Waals surface area contributed by atoms with Crippen LogP contribution in [0.3, 0.4) is 0 Å². The predicted molar refractivity (Wildman–Crippen MR) is 117 cm³/mol. The summed E-state index contributed by atoms with van der Waals surface area (Å²) >= 11 is 0. The highest BCUT2D eigenvalue weighted by Gasteiger charge is 2.31. The summed E-state index contributed by atoms with van der Waals surface area (Å²) in [5, 5.41) is 1.45. The van der Waals surface area contributed by atoms with Crippen molar-refractivity contribution in [1.82, 2.24) is 10.4 Å². The lowest BCUT2D eigenvalue weighted by molar-refractivity contribution is -0.138. The molecule has 0 spiro atoms. The number of nitrogens with one attached hydrogen (secondary N) is 1. The number of hydrogen-bond donors (Lipinski definition) is 1. The van der Waals surface area contributed by atoms with E-state index in [0.29, 0.717) is 16.7 Å². The Balaban J connectivity index is 1.84. The molecule has 0 radical (unpaired) electrons. The van der Waals surface area contributed by atoms with Gasteiger partial charge in [-0.3, -0.25) is 10.2 Å². The summed E-state index contributed by atoms with van der Waals surface area (Å²) in [6.07, 6.45) is -5.28. The molecule has 1 aliphatic rings. The van der Waals surface area contributed by atoms with Gasteiger partial charge in [0, 0.05) is 19.2 Å². The normalized spacial score (nSPS) is 16.7. The largest absolute Gasteiger partial charge is 0.416 e. The molecule has 1 N–H and O–H groups in total. The number of amides is 1. The summed E-state index contributed by atoms with van der Waals surface area (Å²) in [6, 6.07) is 8.18. The average molecular weight is 518 g/mol. The van der Waals surface area contributed by atoms with E-state index in [2.05, 4.69) is 5.43 Å². The minimum absolute atomic E-state index is 0.0944. The Morgan fingerprint density at radius 2 is 1.23 bits per heavy atom. The Kier molecular flexibility index (Phi) is 7.75. The number of allylic oxidation sites excluding steroid dienone is 2. The Morgan fingerprint density at radius 1 is 0.800 bits per heavy atom. The van der Waals surface area contributed by atoms with E-state index in [1.54, 1.807) is 0 Å². The molecule has 0 saturated carbocycles. The molecule has 1 fully saturated rings. The van der Waals surface area contributed by atoms with Crippen LogP contribution in [0.4, 0.5) is 26.3 Å². The molecule has 1 heterocycles. The molecule has 1 aliphatic heterocycles. The van der Waals surface area contributed by atoms with Crippen LogP contribution in [0.15, 0.2) is 66.8 Å². The molecule has 3 rings (SSSR count). The first-order valence-electron chi connectivity index (χ1n) is 10.2. The molecule has 0 atom stereocenters. The molecular formula is C23H20F6N2O3S. The van der Waals surface area contributed by atoms with Gasteiger partial charge in [-0.15, -0.1) is 0 Å². The number of benzene rings is 2. The van der Waals surface area contributed by atoms with E-state index in [4.69, 9.17) is 0 Å². The van der Waals surface area contributed by atoms with E-state index in [-0.39, 0.29) is 24.6 Å². The van der Waals surface area contributed by atoms with Crippen molar-refractivity contribution in [2.75, 3.05) is 24.6 Å². The van der Waals surface area contributed by atoms with Crippen molar-refractivity contribution in [2.24, 2.45) is 0 Å². The van der Waals surface area contributed by atoms with Gasteiger partial charge >= 0.3 is 12.4 Å². The third-order valence-electron chi connectivity index (χ3n) is 5.17. The third-order valence-corrected chi connectivity index (χ3v) is 6.78. The molecular weight excluding hydrogens is 498 g/mol. The zero-order chi connectivity index (χ0) is 25.9. The molecule has 1 amide bonds. The molecule has 0 aromatic heterocycles. The Labute approximate surface area is 197 Å². The van der Waals surface area contributed by atoms with Crippen LogP contribution in [0.2, 0.25) is 0 Å². The maximum atomic E-state index is 12.9. The van der Waals surface area contributed by atoms with E-state index in [0.717, 1.165) is 30.3 Å². The second-order valence-corrected chi connectivity index (χ2v) is 10.0. The number of hydrazine groups is 1. The maximum absolute atomic E-state index is 12.9. The van der Waals surface area contributed by atoms with Crippen LogP contribution in [0, 0.1) is 0 Å². The van der Waals surface area contributed by atoms with Gasteiger partial charge in [-0.1, -0.05) is 36.4 Å². The van der Waals surface area contributed by atoms with Gasteiger partial charge in [-0.05, 0) is 41.0 Å². The van der Waals surface area contributed by atoms with Crippen molar-refractivity contribution in [3.05, 3.63) is 89.0 Å². The van der Waals surface area contributed by atoms with Gasteiger partial charge in [0.1, 0.15) is 0 Å². The number of hydrogen-bond acceptors (Lipinski definition) is 4. The summed E-state index contributed by atoms with van der Waals surface area (Å²) in [4.78, 5) is 12.2. The molecule has 5 nitrogen and oxygen atoms in total. The lowest BCUT2D eigenvalue weighted by atomic mass is 9.95. The summed E-state index contributed by atoms with van der Waals surface area (Å²) in [6.45, 7) is 0.250. The first-order valence-corrected chi connectivity index (χ1v) is 12.1. The lowest BCUT2D eigenvalue weighted by Crippen LogP contribution is -2.49. The Morgan fingerprint density at radius 3 is 1.63 bits per heavy atom. The highest BCUT2D eigenvalue weighted by atomic mass is 32.2. The molecule has 2 aromatic rings. The van der Waals surface area contributed by atoms with E-state index in [9.17, 15) is 39.6 Å². The second kappa shape index (κ2) is 10.2. The van der Waals surface area contributed by atoms with Crippen molar-refractivity contribution in [3.8, 4) is 0 Å². The van der Waals surface area contributed by atoms with Crippen LogP contribution in [0.5, 0.6) is 0 Å². The lowest BCUT2D eigenvalue weighted by Gasteiger charge is -2.26. The van der Waals surface area contributed by atoms with Gasteiger partial charge in [0.15, 0.2) is 9.84 Å². The zero-order valence-electron chi connectivity index (χ0n) is 18.0. The third kappa shape index (κ3) is 7.43. The number of sulfone groups is 1. The quantitative estimate of drug-likeness (QED) is 0.360. The van der Waals surface area contributed by atoms with Gasteiger partial charge in [-0.2, -0.15) is 26.3 Å². The van der Waals surface area contributed by atoms with Crippen molar-refractivity contribution in [2.45, 2.75) is 12.4 Å². The number of halogens is 6. The van der Waals surface area contributed by atoms with Crippen LogP contribution < -0.4 is 5.43 Å². The van der Waals surface area contributed by atoms with Gasteiger partial charge in [0.25, 0.3) is 5.91 Å². The summed E-state index contributed by atoms with van der Waals surface area (Å²) in [5.41, 5.74) is 1.64. The molecule has 1 saturated heterocycles. The van der Waals surface area contributed by atoms with Gasteiger partial charge in [0.2, 0.25) is 0 Å². The van der Waals surface area contributed by atoms with Crippen LogP contribution in [0.25, 0.3) is 5.57 Å². The number of alkyl halides is 6. The molecule has 2 aromatic carbocycles. The van der Waals surface area contributed by atoms with Crippen LogP contribution >= 0.6 is 0 Å². The Hall–Kier alpha value is -3.12. The van der Waals surface area contributed by atoms with Crippen molar-refractivity contribution in [3.63, 3.8) is 0 Å². The number of carbonyl (C=O) groups excluding carboxylic acids is 1. The number of carbonyl (C=O) groups is 1. The van der Waals surface area contributed by atoms with Gasteiger partial charge in [-0.25, -0.2) is 13.4 Å². The SMILES string of the molecule is O=C(/C=C/C=C(c1ccc(C(F)(F)F)cc1)c1ccc(C(F)(F)F)cc1)NN1CCS(=O)(=O)CC1. The van der Waals surface area contributed by atoms with Crippen LogP contribution in [-0.4, -0.2) is 43.9 Å². The second-order valence-electron chi connectivity index (χ2n) is 7.70. The van der Waals surface area contributed by atoms with Crippen LogP contribution in [-0.2, 0) is 27.0 Å². The van der Waals surface area contributed by atoms with E-state index in [1.807, 2.05) is 0 Å². The summed E-state index contributed by atoms with van der Waals surface area (Å²) in [7, 11) is -3.13. The van der Waals surface area contributed by atoms with E-state index < -0.39 is 39.2 Å². The molecule has 12 heteroatoms. The van der Waals surface area contributed by atoms with Gasteiger partial charge in [0.05, 0.1) is 22.6 Å². The highest BCUT2D eigenvalue weighted by molar-refractivity contribution is 7.91. The molecule has 188 valence electrons. The molecule has 0 bridgehead atoms. The first kappa shape index (κ1) is 26.5. The van der Waals surface area contributed by atoms with Gasteiger partial charge < -0.3 is 0 Å². The highest BCUT2D eigenvalue weighted by Crippen LogP contribution is 2.33. The average Bonchev–Trinajstić information content (AvgIpc) is 2.77. The van der Waals surface area contributed by atoms with Crippen LogP contribution in [0.1, 0.15) is 22.3 Å². The summed E-state index contributed by atoms with van der Waals surface area (Å²) < 4.78 is 100. The van der Waals surface area contributed by atoms with Crippen molar-refractivity contribution in [1.29, 1.82) is 0 Å². The fourth-order valence-corrected chi connectivity index (χ4v) is 4.49. The van der Waals surface area contributed by atoms with Crippen molar-refractivity contribution >= 4 is 21.3 Å². The van der Waals surface area contributed by atoms with E-state index in [1.165, 1.54) is 41.4 Å². The number of nitrogens with zero attached hydrogens (tertiary/aromatic N) is 1. The van der Waals surface area contributed by atoms with Crippen molar-refractivity contribution < 1.29 is 39.6 Å².